The SMILES string of the molecule is COc1c[c]cc2sc(C)nc12. The van der Waals surface area contributed by atoms with Crippen LogP contribution >= 0.6 is 11.3 Å². The van der Waals surface area contributed by atoms with Gasteiger partial charge in [0, 0.05) is 0 Å². The largest absolute Gasteiger partial charge is 0.494 e. The summed E-state index contributed by atoms with van der Waals surface area (Å²) >= 11 is 1.66. The average Bonchev–Trinajstić information content (AvgIpc) is 2.44. The van der Waals surface area contributed by atoms with Crippen molar-refractivity contribution in [1.82, 2.24) is 4.98 Å². The van der Waals surface area contributed by atoms with Crippen LogP contribution in [0.3, 0.4) is 0 Å². The minimum atomic E-state index is 0.803. The molecule has 0 aliphatic heterocycles. The summed E-state index contributed by atoms with van der Waals surface area (Å²) in [6.45, 7) is 1.99. The number of fused-ring (bicyclic) bond motifs is 1. The fourth-order valence-corrected chi connectivity index (χ4v) is 1.96. The van der Waals surface area contributed by atoms with E-state index >= 15 is 0 Å². The highest BCUT2D eigenvalue weighted by Crippen LogP contribution is 2.28. The van der Waals surface area contributed by atoms with Gasteiger partial charge in [-0.15, -0.1) is 11.3 Å². The summed E-state index contributed by atoms with van der Waals surface area (Å²) in [7, 11) is 1.65. The van der Waals surface area contributed by atoms with Gasteiger partial charge in [0.15, 0.2) is 0 Å². The quantitative estimate of drug-likeness (QED) is 0.669. The molecule has 0 aliphatic rings. The van der Waals surface area contributed by atoms with Crippen molar-refractivity contribution >= 4 is 21.6 Å². The Morgan fingerprint density at radius 2 is 2.33 bits per heavy atom. The maximum Gasteiger partial charge on any atom is 0.146 e. The molecule has 1 radical (unpaired) electrons. The Hall–Kier alpha value is -1.09. The van der Waals surface area contributed by atoms with Crippen molar-refractivity contribution in [1.29, 1.82) is 0 Å². The summed E-state index contributed by atoms with van der Waals surface area (Å²) in [5.74, 6) is 0.803. The van der Waals surface area contributed by atoms with Crippen molar-refractivity contribution in [2.75, 3.05) is 7.11 Å². The van der Waals surface area contributed by atoms with Crippen molar-refractivity contribution in [3.05, 3.63) is 23.2 Å². The molecule has 61 valence electrons. The molecule has 0 fully saturated rings. The molecule has 0 N–H and O–H groups in total. The van der Waals surface area contributed by atoms with Crippen molar-refractivity contribution < 1.29 is 4.74 Å². The Morgan fingerprint density at radius 3 is 3.08 bits per heavy atom. The molecule has 1 aromatic heterocycles. The predicted molar refractivity (Wildman–Crippen MR) is 49.7 cm³/mol. The molecular weight excluding hydrogens is 170 g/mol. The molecule has 1 aromatic carbocycles. The van der Waals surface area contributed by atoms with Crippen LogP contribution in [-0.2, 0) is 0 Å². The third-order valence-corrected chi connectivity index (χ3v) is 2.56. The Kier molecular flexibility index (Phi) is 1.73. The van der Waals surface area contributed by atoms with Crippen molar-refractivity contribution in [2.24, 2.45) is 0 Å². The first-order valence-corrected chi connectivity index (χ1v) is 4.44. The number of hydrogen-bond acceptors (Lipinski definition) is 3. The van der Waals surface area contributed by atoms with Crippen LogP contribution in [0.5, 0.6) is 5.75 Å². The second-order valence-electron chi connectivity index (χ2n) is 2.47. The van der Waals surface area contributed by atoms with Gasteiger partial charge in [0.1, 0.15) is 11.3 Å². The highest BCUT2D eigenvalue weighted by Gasteiger charge is 2.04. The van der Waals surface area contributed by atoms with Crippen LogP contribution < -0.4 is 4.74 Å². The molecule has 0 amide bonds. The number of hydrogen-bond donors (Lipinski definition) is 0. The fourth-order valence-electron chi connectivity index (χ4n) is 1.13. The van der Waals surface area contributed by atoms with Crippen LogP contribution in [-0.4, -0.2) is 12.1 Å². The van der Waals surface area contributed by atoms with Crippen LogP contribution in [0.25, 0.3) is 10.2 Å². The Balaban J connectivity index is 2.78. The lowest BCUT2D eigenvalue weighted by Crippen LogP contribution is -1.83. The van der Waals surface area contributed by atoms with Gasteiger partial charge in [-0.1, -0.05) is 0 Å². The van der Waals surface area contributed by atoms with Crippen LogP contribution in [0.15, 0.2) is 12.1 Å². The molecule has 0 atom stereocenters. The molecule has 0 saturated heterocycles. The maximum atomic E-state index is 5.15. The van der Waals surface area contributed by atoms with E-state index < -0.39 is 0 Å². The molecule has 1 heterocycles. The van der Waals surface area contributed by atoms with Crippen molar-refractivity contribution in [2.45, 2.75) is 6.92 Å². The standard InChI is InChI=1S/C9H8NOS/c1-6-10-9-7(11-2)4-3-5-8(9)12-6/h4-5H,1-2H3. The summed E-state index contributed by atoms with van der Waals surface area (Å²) in [5, 5.41) is 1.06. The van der Waals surface area contributed by atoms with Crippen molar-refractivity contribution in [3.63, 3.8) is 0 Å². The zero-order valence-electron chi connectivity index (χ0n) is 6.92. The summed E-state index contributed by atoms with van der Waals surface area (Å²) in [5.41, 5.74) is 0.943. The van der Waals surface area contributed by atoms with E-state index in [1.54, 1.807) is 18.4 Å². The molecule has 0 unspecified atom stereocenters. The molecule has 2 rings (SSSR count). The highest BCUT2D eigenvalue weighted by molar-refractivity contribution is 7.18. The van der Waals surface area contributed by atoms with E-state index in [-0.39, 0.29) is 0 Å². The Morgan fingerprint density at radius 1 is 1.50 bits per heavy atom. The van der Waals surface area contributed by atoms with E-state index in [9.17, 15) is 0 Å². The molecule has 12 heavy (non-hydrogen) atoms. The Labute approximate surface area is 74.8 Å². The van der Waals surface area contributed by atoms with Gasteiger partial charge in [-0.2, -0.15) is 0 Å². The molecule has 0 aliphatic carbocycles. The molecule has 2 aromatic rings. The normalized spacial score (nSPS) is 10.5. The van der Waals surface area contributed by atoms with Crippen LogP contribution in [0.4, 0.5) is 0 Å². The minimum Gasteiger partial charge on any atom is -0.494 e. The van der Waals surface area contributed by atoms with Gasteiger partial charge in [-0.05, 0) is 25.1 Å². The molecule has 0 saturated carbocycles. The van der Waals surface area contributed by atoms with Crippen LogP contribution in [0, 0.1) is 13.0 Å². The lowest BCUT2D eigenvalue weighted by molar-refractivity contribution is 0.419. The third-order valence-electron chi connectivity index (χ3n) is 1.64. The molecule has 0 spiro atoms. The number of methoxy groups -OCH3 is 1. The molecule has 2 nitrogen and oxygen atoms in total. The van der Waals surface area contributed by atoms with Gasteiger partial charge < -0.3 is 4.74 Å². The summed E-state index contributed by atoms with van der Waals surface area (Å²) in [6, 6.07) is 6.75. The smallest absolute Gasteiger partial charge is 0.146 e. The van der Waals surface area contributed by atoms with Gasteiger partial charge >= 0.3 is 0 Å². The first-order valence-electron chi connectivity index (χ1n) is 3.62. The predicted octanol–water partition coefficient (Wildman–Crippen LogP) is 2.41. The summed E-state index contributed by atoms with van der Waals surface area (Å²) in [4.78, 5) is 4.36. The number of ether oxygens (including phenoxy) is 1. The van der Waals surface area contributed by atoms with E-state index in [1.807, 2.05) is 19.1 Å². The van der Waals surface area contributed by atoms with E-state index in [2.05, 4.69) is 11.1 Å². The van der Waals surface area contributed by atoms with E-state index in [4.69, 9.17) is 4.74 Å². The lowest BCUT2D eigenvalue weighted by Gasteiger charge is -1.97. The van der Waals surface area contributed by atoms with E-state index in [1.165, 1.54) is 0 Å². The minimum absolute atomic E-state index is 0.803. The van der Waals surface area contributed by atoms with Gasteiger partial charge in [0.05, 0.1) is 16.8 Å². The number of rotatable bonds is 1. The van der Waals surface area contributed by atoms with Gasteiger partial charge in [0.2, 0.25) is 0 Å². The number of benzene rings is 1. The molecule has 0 bridgehead atoms. The van der Waals surface area contributed by atoms with Crippen LogP contribution in [0.1, 0.15) is 5.01 Å². The highest BCUT2D eigenvalue weighted by atomic mass is 32.1. The van der Waals surface area contributed by atoms with E-state index in [0.717, 1.165) is 21.0 Å². The van der Waals surface area contributed by atoms with Crippen molar-refractivity contribution in [3.8, 4) is 5.75 Å². The second-order valence-corrected chi connectivity index (χ2v) is 3.70. The molecular formula is C9H8NOS. The number of aromatic nitrogens is 1. The van der Waals surface area contributed by atoms with Crippen LogP contribution in [0.2, 0.25) is 0 Å². The van der Waals surface area contributed by atoms with Gasteiger partial charge in [0.25, 0.3) is 0 Å². The Bertz CT molecular complexity index is 408. The molecule has 3 heteroatoms. The maximum absolute atomic E-state index is 5.15. The summed E-state index contributed by atoms with van der Waals surface area (Å²) in [6.07, 6.45) is 0. The topological polar surface area (TPSA) is 22.1 Å². The second kappa shape index (κ2) is 2.75. The third kappa shape index (κ3) is 1.06. The van der Waals surface area contributed by atoms with Gasteiger partial charge in [-0.25, -0.2) is 4.98 Å². The summed E-state index contributed by atoms with van der Waals surface area (Å²) < 4.78 is 6.29. The van der Waals surface area contributed by atoms with Gasteiger partial charge in [-0.3, -0.25) is 0 Å². The monoisotopic (exact) mass is 178 g/mol. The number of thiazole rings is 1. The number of nitrogens with zero attached hydrogens (tertiary/aromatic N) is 1. The lowest BCUT2D eigenvalue weighted by atomic mass is 10.3. The fraction of sp³-hybridized carbons (Fsp3) is 0.222. The first-order chi connectivity index (χ1) is 5.81. The van der Waals surface area contributed by atoms with E-state index in [0.29, 0.717) is 0 Å². The average molecular weight is 178 g/mol. The number of aryl methyl sites for hydroxylation is 1. The first kappa shape index (κ1) is 7.55. The zero-order chi connectivity index (χ0) is 8.55. The zero-order valence-corrected chi connectivity index (χ0v) is 7.73.